The highest BCUT2D eigenvalue weighted by molar-refractivity contribution is 6.33. The van der Waals surface area contributed by atoms with Crippen LogP contribution in [0.1, 0.15) is 11.1 Å². The van der Waals surface area contributed by atoms with Gasteiger partial charge in [-0.3, -0.25) is 4.79 Å². The molecule has 1 amide bonds. The number of amides is 1. The number of ether oxygens (including phenoxy) is 2. The molecule has 0 aliphatic carbocycles. The Hall–Kier alpha value is -3.31. The van der Waals surface area contributed by atoms with E-state index in [9.17, 15) is 9.18 Å². The lowest BCUT2D eigenvalue weighted by Crippen LogP contribution is -2.07. The first-order valence-corrected chi connectivity index (χ1v) is 9.22. The maximum atomic E-state index is 13.0. The maximum Gasteiger partial charge on any atom is 0.248 e. The first kappa shape index (κ1) is 20.4. The Bertz CT molecular complexity index is 1020. The molecule has 0 bridgehead atoms. The van der Waals surface area contributed by atoms with Gasteiger partial charge in [0, 0.05) is 6.08 Å². The van der Waals surface area contributed by atoms with E-state index >= 15 is 0 Å². The van der Waals surface area contributed by atoms with E-state index in [0.29, 0.717) is 22.2 Å². The number of halogens is 2. The second-order valence-corrected chi connectivity index (χ2v) is 6.54. The molecule has 29 heavy (non-hydrogen) atoms. The average Bonchev–Trinajstić information content (AvgIpc) is 2.74. The monoisotopic (exact) mass is 411 g/mol. The number of rotatable bonds is 7. The summed E-state index contributed by atoms with van der Waals surface area (Å²) in [5.74, 6) is 0.491. The van der Waals surface area contributed by atoms with Crippen LogP contribution in [0.3, 0.4) is 0 Å². The number of anilines is 1. The molecule has 0 aliphatic heterocycles. The Kier molecular flexibility index (Phi) is 6.87. The molecule has 6 heteroatoms. The third-order valence-electron chi connectivity index (χ3n) is 4.05. The molecule has 0 aromatic heterocycles. The van der Waals surface area contributed by atoms with Crippen LogP contribution < -0.4 is 14.8 Å². The zero-order valence-electron chi connectivity index (χ0n) is 15.7. The second-order valence-electron chi connectivity index (χ2n) is 6.13. The van der Waals surface area contributed by atoms with Crippen molar-refractivity contribution in [1.29, 1.82) is 0 Å². The summed E-state index contributed by atoms with van der Waals surface area (Å²) in [6.07, 6.45) is 3.08. The molecule has 0 unspecified atom stereocenters. The first-order chi connectivity index (χ1) is 14.0. The lowest BCUT2D eigenvalue weighted by atomic mass is 10.2. The topological polar surface area (TPSA) is 47.6 Å². The van der Waals surface area contributed by atoms with E-state index in [0.717, 1.165) is 11.1 Å². The smallest absolute Gasteiger partial charge is 0.248 e. The molecule has 3 aromatic rings. The van der Waals surface area contributed by atoms with Gasteiger partial charge in [-0.15, -0.1) is 0 Å². The number of hydrogen-bond donors (Lipinski definition) is 1. The Labute approximate surface area is 173 Å². The van der Waals surface area contributed by atoms with E-state index in [2.05, 4.69) is 5.32 Å². The molecule has 0 aliphatic rings. The molecule has 0 heterocycles. The maximum absolute atomic E-state index is 13.0. The van der Waals surface area contributed by atoms with Gasteiger partial charge in [0.05, 0.1) is 17.8 Å². The van der Waals surface area contributed by atoms with Gasteiger partial charge in [0.1, 0.15) is 12.4 Å². The zero-order valence-corrected chi connectivity index (χ0v) is 16.4. The van der Waals surface area contributed by atoms with Crippen LogP contribution in [-0.4, -0.2) is 13.0 Å². The molecule has 1 N–H and O–H groups in total. The van der Waals surface area contributed by atoms with Crippen molar-refractivity contribution in [2.24, 2.45) is 0 Å². The predicted octanol–water partition coefficient (Wildman–Crippen LogP) is 5.72. The number of hydrogen-bond acceptors (Lipinski definition) is 3. The lowest BCUT2D eigenvalue weighted by molar-refractivity contribution is -0.111. The van der Waals surface area contributed by atoms with Crippen molar-refractivity contribution in [3.05, 3.63) is 94.8 Å². The number of methoxy groups -OCH3 is 1. The number of benzene rings is 3. The van der Waals surface area contributed by atoms with Crippen LogP contribution in [0.5, 0.6) is 11.5 Å². The fourth-order valence-corrected chi connectivity index (χ4v) is 2.74. The van der Waals surface area contributed by atoms with Crippen molar-refractivity contribution in [3.8, 4) is 11.5 Å². The Morgan fingerprint density at radius 3 is 2.55 bits per heavy atom. The summed E-state index contributed by atoms with van der Waals surface area (Å²) >= 11 is 6.04. The highest BCUT2D eigenvalue weighted by atomic mass is 35.5. The van der Waals surface area contributed by atoms with Gasteiger partial charge in [-0.1, -0.05) is 41.9 Å². The minimum absolute atomic E-state index is 0.284. The predicted molar refractivity (Wildman–Crippen MR) is 113 cm³/mol. The molecule has 0 fully saturated rings. The minimum atomic E-state index is -0.297. The van der Waals surface area contributed by atoms with Crippen molar-refractivity contribution in [1.82, 2.24) is 0 Å². The summed E-state index contributed by atoms with van der Waals surface area (Å²) in [4.78, 5) is 12.1. The van der Waals surface area contributed by atoms with Crippen LogP contribution in [0.15, 0.2) is 72.8 Å². The van der Waals surface area contributed by atoms with Crippen molar-refractivity contribution >= 4 is 29.3 Å². The largest absolute Gasteiger partial charge is 0.493 e. The van der Waals surface area contributed by atoms with Crippen LogP contribution in [0.4, 0.5) is 10.1 Å². The highest BCUT2D eigenvalue weighted by Gasteiger charge is 2.07. The molecule has 0 saturated heterocycles. The molecule has 0 atom stereocenters. The van der Waals surface area contributed by atoms with Gasteiger partial charge in [0.25, 0.3) is 0 Å². The average molecular weight is 412 g/mol. The van der Waals surface area contributed by atoms with Crippen molar-refractivity contribution in [2.45, 2.75) is 6.61 Å². The highest BCUT2D eigenvalue weighted by Crippen LogP contribution is 2.29. The van der Waals surface area contributed by atoms with Gasteiger partial charge >= 0.3 is 0 Å². The number of carbonyl (C=O) groups excluding carboxylic acids is 1. The van der Waals surface area contributed by atoms with E-state index < -0.39 is 0 Å². The Morgan fingerprint density at radius 2 is 1.83 bits per heavy atom. The fourth-order valence-electron chi connectivity index (χ4n) is 2.56. The van der Waals surface area contributed by atoms with Gasteiger partial charge in [-0.05, 0) is 53.6 Å². The fraction of sp³-hybridized carbons (Fsp3) is 0.0870. The molecule has 0 spiro atoms. The first-order valence-electron chi connectivity index (χ1n) is 8.84. The zero-order chi connectivity index (χ0) is 20.6. The normalized spacial score (nSPS) is 10.7. The van der Waals surface area contributed by atoms with Crippen LogP contribution in [-0.2, 0) is 11.4 Å². The third kappa shape index (κ3) is 5.83. The third-order valence-corrected chi connectivity index (χ3v) is 4.38. The summed E-state index contributed by atoms with van der Waals surface area (Å²) in [6, 6.07) is 18.4. The summed E-state index contributed by atoms with van der Waals surface area (Å²) in [5.41, 5.74) is 2.16. The van der Waals surface area contributed by atoms with E-state index in [4.69, 9.17) is 21.1 Å². The summed E-state index contributed by atoms with van der Waals surface area (Å²) in [6.45, 7) is 0.284. The van der Waals surface area contributed by atoms with E-state index in [1.165, 1.54) is 25.3 Å². The molecule has 0 radical (unpaired) electrons. The van der Waals surface area contributed by atoms with Crippen molar-refractivity contribution in [2.75, 3.05) is 12.4 Å². The molecule has 148 valence electrons. The summed E-state index contributed by atoms with van der Waals surface area (Å²) in [5, 5.41) is 3.19. The number of carbonyl (C=O) groups is 1. The van der Waals surface area contributed by atoms with Gasteiger partial charge < -0.3 is 14.8 Å². The quantitative estimate of drug-likeness (QED) is 0.506. The Morgan fingerprint density at radius 1 is 1.07 bits per heavy atom. The SMILES string of the molecule is COc1cc(/C=C/C(=O)Nc2ccccc2Cl)ccc1OCc1ccc(F)cc1. The summed E-state index contributed by atoms with van der Waals surface area (Å²) < 4.78 is 24.1. The van der Waals surface area contributed by atoms with Crippen LogP contribution >= 0.6 is 11.6 Å². The molecular formula is C23H19ClFNO3. The second kappa shape index (κ2) is 9.75. The van der Waals surface area contributed by atoms with Gasteiger partial charge in [0.15, 0.2) is 11.5 Å². The van der Waals surface area contributed by atoms with Crippen molar-refractivity contribution in [3.63, 3.8) is 0 Å². The minimum Gasteiger partial charge on any atom is -0.493 e. The van der Waals surface area contributed by atoms with Gasteiger partial charge in [0.2, 0.25) is 5.91 Å². The van der Waals surface area contributed by atoms with Crippen molar-refractivity contribution < 1.29 is 18.7 Å². The standard InChI is InChI=1S/C23H19ClFNO3/c1-28-22-14-16(9-13-23(27)26-20-5-3-2-4-19(20)24)8-12-21(22)29-15-17-6-10-18(25)11-7-17/h2-14H,15H2,1H3,(H,26,27)/b13-9+. The van der Waals surface area contributed by atoms with Crippen LogP contribution in [0, 0.1) is 5.82 Å². The van der Waals surface area contributed by atoms with Gasteiger partial charge in [-0.25, -0.2) is 4.39 Å². The molecular weight excluding hydrogens is 393 g/mol. The van der Waals surface area contributed by atoms with Gasteiger partial charge in [-0.2, -0.15) is 0 Å². The lowest BCUT2D eigenvalue weighted by Gasteiger charge is -2.11. The Balaban J connectivity index is 1.64. The molecule has 0 saturated carbocycles. The molecule has 4 nitrogen and oxygen atoms in total. The summed E-state index contributed by atoms with van der Waals surface area (Å²) in [7, 11) is 1.54. The van der Waals surface area contributed by atoms with Crippen LogP contribution in [0.2, 0.25) is 5.02 Å². The van der Waals surface area contributed by atoms with E-state index in [1.807, 2.05) is 6.07 Å². The van der Waals surface area contributed by atoms with E-state index in [-0.39, 0.29) is 18.3 Å². The van der Waals surface area contributed by atoms with Crippen LogP contribution in [0.25, 0.3) is 6.08 Å². The molecule has 3 rings (SSSR count). The molecule has 3 aromatic carbocycles. The number of nitrogens with one attached hydrogen (secondary N) is 1. The van der Waals surface area contributed by atoms with E-state index in [1.54, 1.807) is 54.6 Å². The number of para-hydroxylation sites is 1.